The molecule has 1 amide bonds. The van der Waals surface area contributed by atoms with E-state index in [2.05, 4.69) is 5.32 Å². The number of halogens is 1. The van der Waals surface area contributed by atoms with Crippen LogP contribution in [0.15, 0.2) is 48.5 Å². The summed E-state index contributed by atoms with van der Waals surface area (Å²) in [6, 6.07) is 12.0. The van der Waals surface area contributed by atoms with Gasteiger partial charge in [-0.05, 0) is 35.9 Å². The number of amides is 1. The zero-order valence-corrected chi connectivity index (χ0v) is 9.56. The smallest absolute Gasteiger partial charge is 0.251 e. The second-order valence-electron chi connectivity index (χ2n) is 3.86. The lowest BCUT2D eigenvalue weighted by atomic mass is 10.2. The highest BCUT2D eigenvalue weighted by molar-refractivity contribution is 5.94. The van der Waals surface area contributed by atoms with Crippen molar-refractivity contribution in [1.29, 1.82) is 0 Å². The summed E-state index contributed by atoms with van der Waals surface area (Å²) in [5.74, 6) is -0.593. The fourth-order valence-corrected chi connectivity index (χ4v) is 1.53. The summed E-state index contributed by atoms with van der Waals surface area (Å²) in [7, 11) is 0. The van der Waals surface area contributed by atoms with Crippen LogP contribution in [0.3, 0.4) is 0 Å². The Balaban J connectivity index is 1.98. The Bertz CT molecular complexity index is 552. The van der Waals surface area contributed by atoms with Crippen LogP contribution in [0.2, 0.25) is 0 Å². The first-order valence-electron chi connectivity index (χ1n) is 5.47. The van der Waals surface area contributed by atoms with Crippen molar-refractivity contribution in [2.45, 2.75) is 6.54 Å². The lowest BCUT2D eigenvalue weighted by molar-refractivity contribution is 0.0950. The fraction of sp³-hybridized carbons (Fsp3) is 0.0714. The number of phenols is 1. The molecule has 2 aromatic rings. The predicted octanol–water partition coefficient (Wildman–Crippen LogP) is 2.46. The molecule has 0 saturated carbocycles. The van der Waals surface area contributed by atoms with Crippen molar-refractivity contribution in [2.24, 2.45) is 0 Å². The molecule has 0 bridgehead atoms. The van der Waals surface area contributed by atoms with Crippen LogP contribution in [0.4, 0.5) is 4.39 Å². The highest BCUT2D eigenvalue weighted by Gasteiger charge is 2.05. The molecule has 92 valence electrons. The zero-order chi connectivity index (χ0) is 13.0. The largest absolute Gasteiger partial charge is 0.508 e. The molecule has 0 aliphatic rings. The van der Waals surface area contributed by atoms with E-state index in [1.807, 2.05) is 0 Å². The summed E-state index contributed by atoms with van der Waals surface area (Å²) in [5.41, 5.74) is 1.14. The quantitative estimate of drug-likeness (QED) is 0.872. The van der Waals surface area contributed by atoms with Crippen LogP contribution in [0.25, 0.3) is 0 Å². The third kappa shape index (κ3) is 3.07. The van der Waals surface area contributed by atoms with Crippen LogP contribution >= 0.6 is 0 Å². The SMILES string of the molecule is O=C(NCc1ccc(O)cc1)c1cccc(F)c1. The minimum atomic E-state index is -0.438. The van der Waals surface area contributed by atoms with Gasteiger partial charge in [0.05, 0.1) is 0 Å². The standard InChI is InChI=1S/C14H12FNO2/c15-12-3-1-2-11(8-12)14(18)16-9-10-4-6-13(17)7-5-10/h1-8,17H,9H2,(H,16,18). The molecule has 0 saturated heterocycles. The molecular weight excluding hydrogens is 233 g/mol. The monoisotopic (exact) mass is 245 g/mol. The molecule has 0 aromatic heterocycles. The summed E-state index contributed by atoms with van der Waals surface area (Å²) < 4.78 is 12.9. The number of hydrogen-bond acceptors (Lipinski definition) is 2. The van der Waals surface area contributed by atoms with Gasteiger partial charge in [0.2, 0.25) is 0 Å². The molecule has 2 N–H and O–H groups in total. The number of carbonyl (C=O) groups is 1. The molecule has 18 heavy (non-hydrogen) atoms. The molecular formula is C14H12FNO2. The molecule has 3 nitrogen and oxygen atoms in total. The topological polar surface area (TPSA) is 49.3 Å². The van der Waals surface area contributed by atoms with Crippen LogP contribution in [-0.2, 0) is 6.54 Å². The van der Waals surface area contributed by atoms with Crippen molar-refractivity contribution in [3.05, 3.63) is 65.5 Å². The van der Waals surface area contributed by atoms with Gasteiger partial charge in [0.15, 0.2) is 0 Å². The second kappa shape index (κ2) is 5.31. The van der Waals surface area contributed by atoms with Gasteiger partial charge in [-0.15, -0.1) is 0 Å². The van der Waals surface area contributed by atoms with E-state index in [0.29, 0.717) is 6.54 Å². The van der Waals surface area contributed by atoms with Crippen LogP contribution in [0.1, 0.15) is 15.9 Å². The van der Waals surface area contributed by atoms with Crippen LogP contribution in [0.5, 0.6) is 5.75 Å². The molecule has 0 heterocycles. The summed E-state index contributed by atoms with van der Waals surface area (Å²) in [6.45, 7) is 0.329. The summed E-state index contributed by atoms with van der Waals surface area (Å²) >= 11 is 0. The zero-order valence-electron chi connectivity index (χ0n) is 9.56. The Morgan fingerprint density at radius 1 is 1.17 bits per heavy atom. The van der Waals surface area contributed by atoms with Crippen molar-refractivity contribution in [1.82, 2.24) is 5.32 Å². The number of aromatic hydroxyl groups is 1. The number of phenolic OH excluding ortho intramolecular Hbond substituents is 1. The second-order valence-corrected chi connectivity index (χ2v) is 3.86. The van der Waals surface area contributed by atoms with E-state index in [9.17, 15) is 9.18 Å². The minimum absolute atomic E-state index is 0.176. The Morgan fingerprint density at radius 3 is 2.56 bits per heavy atom. The van der Waals surface area contributed by atoms with Crippen LogP contribution in [-0.4, -0.2) is 11.0 Å². The van der Waals surface area contributed by atoms with Gasteiger partial charge in [0.25, 0.3) is 5.91 Å². The van der Waals surface area contributed by atoms with Gasteiger partial charge >= 0.3 is 0 Å². The molecule has 0 aliphatic heterocycles. The van der Waals surface area contributed by atoms with Crippen molar-refractivity contribution >= 4 is 5.91 Å². The number of benzene rings is 2. The van der Waals surface area contributed by atoms with Crippen molar-refractivity contribution in [2.75, 3.05) is 0 Å². The highest BCUT2D eigenvalue weighted by Crippen LogP contribution is 2.09. The average molecular weight is 245 g/mol. The normalized spacial score (nSPS) is 10.1. The van der Waals surface area contributed by atoms with E-state index < -0.39 is 5.82 Å². The minimum Gasteiger partial charge on any atom is -0.508 e. The third-order valence-corrected chi connectivity index (χ3v) is 2.48. The Labute approximate surface area is 104 Å². The van der Waals surface area contributed by atoms with Gasteiger partial charge in [0.1, 0.15) is 11.6 Å². The molecule has 0 radical (unpaired) electrons. The van der Waals surface area contributed by atoms with Gasteiger partial charge in [0, 0.05) is 12.1 Å². The van der Waals surface area contributed by atoms with E-state index in [4.69, 9.17) is 5.11 Å². The first-order chi connectivity index (χ1) is 8.65. The van der Waals surface area contributed by atoms with Crippen molar-refractivity contribution < 1.29 is 14.3 Å². The van der Waals surface area contributed by atoms with Gasteiger partial charge in [-0.2, -0.15) is 0 Å². The number of carbonyl (C=O) groups excluding carboxylic acids is 1. The summed E-state index contributed by atoms with van der Waals surface area (Å²) in [4.78, 5) is 11.7. The molecule has 4 heteroatoms. The van der Waals surface area contributed by atoms with Crippen LogP contribution < -0.4 is 5.32 Å². The average Bonchev–Trinajstić information content (AvgIpc) is 2.38. The summed E-state index contributed by atoms with van der Waals surface area (Å²) in [5, 5.41) is 11.8. The van der Waals surface area contributed by atoms with E-state index in [1.54, 1.807) is 30.3 Å². The lowest BCUT2D eigenvalue weighted by Gasteiger charge is -2.05. The van der Waals surface area contributed by atoms with Gasteiger partial charge < -0.3 is 10.4 Å². The molecule has 0 unspecified atom stereocenters. The number of nitrogens with one attached hydrogen (secondary N) is 1. The van der Waals surface area contributed by atoms with Crippen molar-refractivity contribution in [3.63, 3.8) is 0 Å². The van der Waals surface area contributed by atoms with Gasteiger partial charge in [-0.3, -0.25) is 4.79 Å². The third-order valence-electron chi connectivity index (χ3n) is 2.48. The molecule has 0 atom stereocenters. The predicted molar refractivity (Wildman–Crippen MR) is 65.7 cm³/mol. The fourth-order valence-electron chi connectivity index (χ4n) is 1.53. The molecule has 2 rings (SSSR count). The maximum absolute atomic E-state index is 12.9. The lowest BCUT2D eigenvalue weighted by Crippen LogP contribution is -2.22. The number of rotatable bonds is 3. The molecule has 0 spiro atoms. The Hall–Kier alpha value is -2.36. The summed E-state index contributed by atoms with van der Waals surface area (Å²) in [6.07, 6.45) is 0. The molecule has 0 aliphatic carbocycles. The molecule has 0 fully saturated rings. The first kappa shape index (κ1) is 12.1. The highest BCUT2D eigenvalue weighted by atomic mass is 19.1. The van der Waals surface area contributed by atoms with Crippen LogP contribution in [0, 0.1) is 5.82 Å². The van der Waals surface area contributed by atoms with E-state index >= 15 is 0 Å². The Morgan fingerprint density at radius 2 is 1.89 bits per heavy atom. The van der Waals surface area contributed by atoms with Gasteiger partial charge in [-0.25, -0.2) is 4.39 Å². The van der Waals surface area contributed by atoms with E-state index in [0.717, 1.165) is 5.56 Å². The maximum Gasteiger partial charge on any atom is 0.251 e. The Kier molecular flexibility index (Phi) is 3.57. The van der Waals surface area contributed by atoms with E-state index in [1.165, 1.54) is 18.2 Å². The van der Waals surface area contributed by atoms with Gasteiger partial charge in [-0.1, -0.05) is 18.2 Å². The van der Waals surface area contributed by atoms with E-state index in [-0.39, 0.29) is 17.2 Å². The maximum atomic E-state index is 12.9. The molecule has 2 aromatic carbocycles. The van der Waals surface area contributed by atoms with Crippen molar-refractivity contribution in [3.8, 4) is 5.75 Å². The first-order valence-corrected chi connectivity index (χ1v) is 5.47. The number of hydrogen-bond donors (Lipinski definition) is 2.